The fourth-order valence-corrected chi connectivity index (χ4v) is 1.09. The zero-order chi connectivity index (χ0) is 10.0. The molecule has 0 aliphatic rings. The predicted octanol–water partition coefficient (Wildman–Crippen LogP) is 1.93. The second kappa shape index (κ2) is 3.74. The number of hydrogen-bond donors (Lipinski definition) is 1. The summed E-state index contributed by atoms with van der Waals surface area (Å²) in [4.78, 5) is 3.21. The van der Waals surface area contributed by atoms with Gasteiger partial charge in [-0.1, -0.05) is 0 Å². The summed E-state index contributed by atoms with van der Waals surface area (Å²) in [7, 11) is 0. The molecule has 72 valence electrons. The number of alkyl halides is 2. The summed E-state index contributed by atoms with van der Waals surface area (Å²) >= 11 is 0. The summed E-state index contributed by atoms with van der Waals surface area (Å²) < 4.78 is 37.4. The molecular weight excluding hydrogens is 181 g/mol. The summed E-state index contributed by atoms with van der Waals surface area (Å²) in [5.74, 6) is -1.12. The molecule has 0 fully saturated rings. The van der Waals surface area contributed by atoms with Crippen molar-refractivity contribution in [3.05, 3.63) is 28.8 Å². The lowest BCUT2D eigenvalue weighted by Gasteiger charge is -2.08. The molecule has 1 heterocycles. The molecule has 0 aliphatic carbocycles. The monoisotopic (exact) mass is 190 g/mol. The van der Waals surface area contributed by atoms with Gasteiger partial charge in [-0.05, 0) is 18.1 Å². The molecule has 1 aromatic rings. The minimum absolute atomic E-state index is 0.0822. The first-order valence-corrected chi connectivity index (χ1v) is 3.70. The van der Waals surface area contributed by atoms with E-state index in [1.165, 1.54) is 13.1 Å². The molecule has 0 unspecified atom stereocenters. The Kier molecular flexibility index (Phi) is 2.87. The van der Waals surface area contributed by atoms with Crippen molar-refractivity contribution in [2.24, 2.45) is 5.73 Å². The Bertz CT molecular complexity index is 313. The van der Waals surface area contributed by atoms with Gasteiger partial charge in [-0.15, -0.1) is 0 Å². The van der Waals surface area contributed by atoms with Gasteiger partial charge in [0, 0.05) is 12.7 Å². The van der Waals surface area contributed by atoms with E-state index in [0.717, 1.165) is 0 Å². The lowest BCUT2D eigenvalue weighted by molar-refractivity contribution is 0.144. The third kappa shape index (κ3) is 1.80. The molecule has 0 spiro atoms. The zero-order valence-corrected chi connectivity index (χ0v) is 7.02. The molecule has 0 aromatic carbocycles. The second-order valence-corrected chi connectivity index (χ2v) is 2.62. The highest BCUT2D eigenvalue weighted by molar-refractivity contribution is 5.32. The van der Waals surface area contributed by atoms with E-state index < -0.39 is 17.9 Å². The molecule has 0 saturated carbocycles. The molecule has 1 aromatic heterocycles. The molecule has 1 rings (SSSR count). The number of nitrogens with zero attached hydrogens (tertiary/aromatic N) is 1. The first kappa shape index (κ1) is 9.98. The molecule has 0 radical (unpaired) electrons. The summed E-state index contributed by atoms with van der Waals surface area (Å²) in [6.07, 6.45) is -1.67. The van der Waals surface area contributed by atoms with Crippen molar-refractivity contribution < 1.29 is 13.2 Å². The van der Waals surface area contributed by atoms with Crippen LogP contribution >= 0.6 is 0 Å². The van der Waals surface area contributed by atoms with Crippen molar-refractivity contribution >= 4 is 0 Å². The van der Waals surface area contributed by atoms with Crippen LogP contribution in [-0.4, -0.2) is 4.98 Å². The quantitative estimate of drug-likeness (QED) is 0.723. The topological polar surface area (TPSA) is 38.9 Å². The molecule has 2 nitrogen and oxygen atoms in total. The van der Waals surface area contributed by atoms with E-state index >= 15 is 0 Å². The molecule has 0 aliphatic heterocycles. The Morgan fingerprint density at radius 2 is 2.15 bits per heavy atom. The van der Waals surface area contributed by atoms with Gasteiger partial charge in [0.05, 0.1) is 5.56 Å². The molecule has 13 heavy (non-hydrogen) atoms. The standard InChI is InChI=1S/C8H9F3N2/c1-4-5(2-12)3-13-8(11)6(4)7(9)10/h3,7H,2,12H2,1H3. The highest BCUT2D eigenvalue weighted by Crippen LogP contribution is 2.26. The van der Waals surface area contributed by atoms with Gasteiger partial charge in [-0.2, -0.15) is 4.39 Å². The van der Waals surface area contributed by atoms with Crippen LogP contribution in [0.2, 0.25) is 0 Å². The Labute approximate surface area is 73.6 Å². The summed E-state index contributed by atoms with van der Waals surface area (Å²) in [6, 6.07) is 0. The van der Waals surface area contributed by atoms with E-state index in [4.69, 9.17) is 5.73 Å². The van der Waals surface area contributed by atoms with Crippen LogP contribution in [0, 0.1) is 12.9 Å². The molecule has 0 atom stereocenters. The number of hydrogen-bond acceptors (Lipinski definition) is 2. The summed E-state index contributed by atoms with van der Waals surface area (Å²) in [6.45, 7) is 1.49. The van der Waals surface area contributed by atoms with Gasteiger partial charge >= 0.3 is 0 Å². The average molecular weight is 190 g/mol. The van der Waals surface area contributed by atoms with E-state index in [-0.39, 0.29) is 12.1 Å². The SMILES string of the molecule is Cc1c(CN)cnc(F)c1C(F)F. The fourth-order valence-electron chi connectivity index (χ4n) is 1.09. The van der Waals surface area contributed by atoms with Gasteiger partial charge in [0.1, 0.15) is 0 Å². The van der Waals surface area contributed by atoms with Crippen molar-refractivity contribution in [1.82, 2.24) is 4.98 Å². The highest BCUT2D eigenvalue weighted by atomic mass is 19.3. The molecule has 0 bridgehead atoms. The maximum atomic E-state index is 12.8. The lowest BCUT2D eigenvalue weighted by Crippen LogP contribution is -2.06. The van der Waals surface area contributed by atoms with E-state index in [1.54, 1.807) is 0 Å². The van der Waals surface area contributed by atoms with Crippen LogP contribution in [0.5, 0.6) is 0 Å². The number of nitrogens with two attached hydrogens (primary N) is 1. The normalized spacial score (nSPS) is 10.9. The molecule has 5 heteroatoms. The van der Waals surface area contributed by atoms with Crippen molar-refractivity contribution in [1.29, 1.82) is 0 Å². The van der Waals surface area contributed by atoms with E-state index in [1.807, 2.05) is 0 Å². The smallest absolute Gasteiger partial charge is 0.268 e. The average Bonchev–Trinajstić information content (AvgIpc) is 2.04. The van der Waals surface area contributed by atoms with Crippen LogP contribution in [-0.2, 0) is 6.54 Å². The van der Waals surface area contributed by atoms with E-state index in [0.29, 0.717) is 5.56 Å². The largest absolute Gasteiger partial charge is 0.326 e. The molecule has 2 N–H and O–H groups in total. The summed E-state index contributed by atoms with van der Waals surface area (Å²) in [5.41, 5.74) is 5.24. The van der Waals surface area contributed by atoms with Crippen LogP contribution < -0.4 is 5.73 Å². The number of aromatic nitrogens is 1. The van der Waals surface area contributed by atoms with E-state index in [9.17, 15) is 13.2 Å². The van der Waals surface area contributed by atoms with Crippen molar-refractivity contribution in [2.45, 2.75) is 19.9 Å². The Hall–Kier alpha value is -1.10. The summed E-state index contributed by atoms with van der Waals surface area (Å²) in [5, 5.41) is 0. The number of halogens is 3. The predicted molar refractivity (Wildman–Crippen MR) is 41.8 cm³/mol. The fraction of sp³-hybridized carbons (Fsp3) is 0.375. The van der Waals surface area contributed by atoms with Gasteiger partial charge in [0.15, 0.2) is 0 Å². The Balaban J connectivity index is 3.30. The van der Waals surface area contributed by atoms with Crippen LogP contribution in [0.15, 0.2) is 6.20 Å². The maximum absolute atomic E-state index is 12.8. The van der Waals surface area contributed by atoms with Crippen molar-refractivity contribution in [3.63, 3.8) is 0 Å². The van der Waals surface area contributed by atoms with Crippen molar-refractivity contribution in [2.75, 3.05) is 0 Å². The Morgan fingerprint density at radius 1 is 1.54 bits per heavy atom. The minimum atomic E-state index is -2.85. The van der Waals surface area contributed by atoms with Crippen LogP contribution in [0.4, 0.5) is 13.2 Å². The molecule has 0 amide bonds. The van der Waals surface area contributed by atoms with Gasteiger partial charge < -0.3 is 5.73 Å². The second-order valence-electron chi connectivity index (χ2n) is 2.62. The minimum Gasteiger partial charge on any atom is -0.326 e. The van der Waals surface area contributed by atoms with Gasteiger partial charge in [-0.3, -0.25) is 0 Å². The van der Waals surface area contributed by atoms with Crippen molar-refractivity contribution in [3.8, 4) is 0 Å². The van der Waals surface area contributed by atoms with Gasteiger partial charge in [-0.25, -0.2) is 13.8 Å². The highest BCUT2D eigenvalue weighted by Gasteiger charge is 2.19. The van der Waals surface area contributed by atoms with Crippen LogP contribution in [0.1, 0.15) is 23.1 Å². The zero-order valence-electron chi connectivity index (χ0n) is 7.02. The maximum Gasteiger partial charge on any atom is 0.268 e. The third-order valence-electron chi connectivity index (χ3n) is 1.88. The molecule has 0 saturated heterocycles. The lowest BCUT2D eigenvalue weighted by atomic mass is 10.1. The van der Waals surface area contributed by atoms with Gasteiger partial charge in [0.25, 0.3) is 6.43 Å². The van der Waals surface area contributed by atoms with Gasteiger partial charge in [0.2, 0.25) is 5.95 Å². The first-order valence-electron chi connectivity index (χ1n) is 3.70. The van der Waals surface area contributed by atoms with E-state index in [2.05, 4.69) is 4.98 Å². The number of pyridine rings is 1. The van der Waals surface area contributed by atoms with Crippen LogP contribution in [0.25, 0.3) is 0 Å². The third-order valence-corrected chi connectivity index (χ3v) is 1.88. The first-order chi connectivity index (χ1) is 6.07. The van der Waals surface area contributed by atoms with Crippen LogP contribution in [0.3, 0.4) is 0 Å². The molecular formula is C8H9F3N2. The number of rotatable bonds is 2. The Morgan fingerprint density at radius 3 is 2.62 bits per heavy atom.